The Hall–Kier alpha value is -2.52. The van der Waals surface area contributed by atoms with Crippen molar-refractivity contribution in [3.8, 4) is 0 Å². The minimum absolute atomic E-state index is 0.0853. The van der Waals surface area contributed by atoms with Crippen molar-refractivity contribution in [2.45, 2.75) is 31.7 Å². The van der Waals surface area contributed by atoms with E-state index in [2.05, 4.69) is 20.9 Å². The highest BCUT2D eigenvalue weighted by Gasteiger charge is 2.16. The fourth-order valence-corrected chi connectivity index (χ4v) is 1.56. The number of hydrogen-bond donors (Lipinski definition) is 6. The van der Waals surface area contributed by atoms with Gasteiger partial charge in [-0.15, -0.1) is 0 Å². The highest BCUT2D eigenvalue weighted by Crippen LogP contribution is 1.98. The first-order valence-corrected chi connectivity index (χ1v) is 6.97. The number of carboxylic acid groups (broad SMARTS) is 1. The van der Waals surface area contributed by atoms with Crippen LogP contribution < -0.4 is 27.4 Å². The van der Waals surface area contributed by atoms with E-state index in [4.69, 9.17) is 16.6 Å². The topological polar surface area (TPSA) is 172 Å². The molecule has 10 nitrogen and oxygen atoms in total. The summed E-state index contributed by atoms with van der Waals surface area (Å²) in [6.45, 7) is 0.891. The number of unbranched alkanes of at least 4 members (excludes halogenated alkanes) is 3. The SMILES string of the molecule is NC(N)=NCCCCCCNC(=O)NC[C@H](NC=O)C(=O)O. The molecule has 0 bridgehead atoms. The van der Waals surface area contributed by atoms with E-state index in [9.17, 15) is 14.4 Å². The highest BCUT2D eigenvalue weighted by atomic mass is 16.4. The minimum Gasteiger partial charge on any atom is -0.480 e. The highest BCUT2D eigenvalue weighted by molar-refractivity contribution is 5.79. The van der Waals surface area contributed by atoms with E-state index in [0.717, 1.165) is 25.7 Å². The quantitative estimate of drug-likeness (QED) is 0.109. The number of hydrogen-bond acceptors (Lipinski definition) is 4. The Morgan fingerprint density at radius 3 is 2.41 bits per heavy atom. The van der Waals surface area contributed by atoms with Crippen LogP contribution in [0.3, 0.4) is 0 Å². The van der Waals surface area contributed by atoms with Crippen LogP contribution >= 0.6 is 0 Å². The zero-order valence-electron chi connectivity index (χ0n) is 12.4. The maximum Gasteiger partial charge on any atom is 0.328 e. The van der Waals surface area contributed by atoms with Gasteiger partial charge in [-0.25, -0.2) is 9.59 Å². The van der Waals surface area contributed by atoms with Crippen LogP contribution in [0.25, 0.3) is 0 Å². The molecule has 22 heavy (non-hydrogen) atoms. The number of nitrogens with zero attached hydrogens (tertiary/aromatic N) is 1. The van der Waals surface area contributed by atoms with Crippen LogP contribution in [-0.2, 0) is 9.59 Å². The van der Waals surface area contributed by atoms with Gasteiger partial charge >= 0.3 is 12.0 Å². The molecule has 0 radical (unpaired) electrons. The summed E-state index contributed by atoms with van der Waals surface area (Å²) in [5.41, 5.74) is 10.4. The fraction of sp³-hybridized carbons (Fsp3) is 0.667. The third kappa shape index (κ3) is 11.3. The summed E-state index contributed by atoms with van der Waals surface area (Å²) in [4.78, 5) is 36.2. The number of carbonyl (C=O) groups is 3. The average molecular weight is 316 g/mol. The molecule has 0 saturated heterocycles. The minimum atomic E-state index is -1.21. The number of aliphatic imine (C=N–C) groups is 1. The van der Waals surface area contributed by atoms with Crippen molar-refractivity contribution in [1.82, 2.24) is 16.0 Å². The lowest BCUT2D eigenvalue weighted by Crippen LogP contribution is -2.48. The second kappa shape index (κ2) is 12.2. The molecular formula is C12H24N6O4. The zero-order chi connectivity index (χ0) is 16.8. The lowest BCUT2D eigenvalue weighted by molar-refractivity contribution is -0.140. The lowest BCUT2D eigenvalue weighted by Gasteiger charge is -2.12. The van der Waals surface area contributed by atoms with Gasteiger partial charge in [-0.3, -0.25) is 9.79 Å². The van der Waals surface area contributed by atoms with Gasteiger partial charge in [-0.05, 0) is 12.8 Å². The molecule has 0 aromatic heterocycles. The Balaban J connectivity index is 3.59. The summed E-state index contributed by atoms with van der Waals surface area (Å²) >= 11 is 0. The molecule has 0 heterocycles. The Morgan fingerprint density at radius 2 is 1.82 bits per heavy atom. The Bertz CT molecular complexity index is 384. The zero-order valence-corrected chi connectivity index (χ0v) is 12.4. The number of carbonyl (C=O) groups excluding carboxylic acids is 2. The van der Waals surface area contributed by atoms with Crippen molar-refractivity contribution in [1.29, 1.82) is 0 Å². The summed E-state index contributed by atoms with van der Waals surface area (Å²) in [5.74, 6) is -1.13. The van der Waals surface area contributed by atoms with Gasteiger partial charge < -0.3 is 32.5 Å². The van der Waals surface area contributed by atoms with Gasteiger partial charge in [0.25, 0.3) is 0 Å². The van der Waals surface area contributed by atoms with E-state index in [1.807, 2.05) is 0 Å². The Morgan fingerprint density at radius 1 is 1.14 bits per heavy atom. The summed E-state index contributed by atoms with van der Waals surface area (Å²) in [5, 5.41) is 15.8. The van der Waals surface area contributed by atoms with Gasteiger partial charge in [0.15, 0.2) is 5.96 Å². The molecule has 0 unspecified atom stereocenters. The molecule has 0 rings (SSSR count). The maximum atomic E-state index is 11.4. The van der Waals surface area contributed by atoms with Crippen LogP contribution in [0.2, 0.25) is 0 Å². The molecule has 0 aliphatic heterocycles. The van der Waals surface area contributed by atoms with Crippen molar-refractivity contribution in [2.75, 3.05) is 19.6 Å². The first kappa shape index (κ1) is 19.5. The maximum absolute atomic E-state index is 11.4. The van der Waals surface area contributed by atoms with Gasteiger partial charge in [-0.1, -0.05) is 12.8 Å². The van der Waals surface area contributed by atoms with Gasteiger partial charge in [0.1, 0.15) is 6.04 Å². The van der Waals surface area contributed by atoms with Crippen molar-refractivity contribution in [3.63, 3.8) is 0 Å². The summed E-state index contributed by atoms with van der Waals surface area (Å²) in [6.07, 6.45) is 3.82. The third-order valence-electron chi connectivity index (χ3n) is 2.70. The van der Waals surface area contributed by atoms with Crippen molar-refractivity contribution < 1.29 is 19.5 Å². The van der Waals surface area contributed by atoms with Crippen molar-refractivity contribution in [2.24, 2.45) is 16.5 Å². The van der Waals surface area contributed by atoms with Crippen LogP contribution in [0.5, 0.6) is 0 Å². The monoisotopic (exact) mass is 316 g/mol. The van der Waals surface area contributed by atoms with Gasteiger partial charge in [0, 0.05) is 13.1 Å². The molecular weight excluding hydrogens is 292 g/mol. The standard InChI is InChI=1S/C12H24N6O4/c13-11(14)15-5-3-1-2-4-6-16-12(22)17-7-9(10(20)21)18-8-19/h8-9H,1-7H2,(H,18,19)(H,20,21)(H4,13,14,15)(H2,16,17,22)/t9-/m0/s1. The summed E-state index contributed by atoms with van der Waals surface area (Å²) in [6, 6.07) is -1.61. The van der Waals surface area contributed by atoms with E-state index in [1.165, 1.54) is 0 Å². The predicted octanol–water partition coefficient (Wildman–Crippen LogP) is -1.68. The average Bonchev–Trinajstić information content (AvgIpc) is 2.45. The largest absolute Gasteiger partial charge is 0.480 e. The number of aliphatic carboxylic acids is 1. The van der Waals surface area contributed by atoms with Crippen LogP contribution in [0, 0.1) is 0 Å². The number of amides is 3. The molecule has 126 valence electrons. The number of urea groups is 1. The van der Waals surface area contributed by atoms with E-state index in [-0.39, 0.29) is 18.9 Å². The first-order valence-electron chi connectivity index (χ1n) is 6.97. The number of nitrogens with one attached hydrogen (secondary N) is 3. The molecule has 3 amide bonds. The second-order valence-corrected chi connectivity index (χ2v) is 4.53. The van der Waals surface area contributed by atoms with Crippen LogP contribution in [-0.4, -0.2) is 55.2 Å². The predicted molar refractivity (Wildman–Crippen MR) is 81.2 cm³/mol. The molecule has 0 aromatic rings. The van der Waals surface area contributed by atoms with E-state index < -0.39 is 18.0 Å². The van der Waals surface area contributed by atoms with E-state index in [0.29, 0.717) is 13.1 Å². The van der Waals surface area contributed by atoms with Crippen LogP contribution in [0.15, 0.2) is 4.99 Å². The number of guanidine groups is 1. The van der Waals surface area contributed by atoms with Crippen LogP contribution in [0.1, 0.15) is 25.7 Å². The number of rotatable bonds is 12. The summed E-state index contributed by atoms with van der Waals surface area (Å²) < 4.78 is 0. The van der Waals surface area contributed by atoms with Crippen molar-refractivity contribution in [3.05, 3.63) is 0 Å². The molecule has 1 atom stereocenters. The van der Waals surface area contributed by atoms with E-state index >= 15 is 0 Å². The molecule has 0 aromatic carbocycles. The van der Waals surface area contributed by atoms with Crippen LogP contribution in [0.4, 0.5) is 4.79 Å². The molecule has 10 heteroatoms. The Labute approximate surface area is 128 Å². The second-order valence-electron chi connectivity index (χ2n) is 4.53. The molecule has 0 spiro atoms. The molecule has 8 N–H and O–H groups in total. The van der Waals surface area contributed by atoms with Crippen molar-refractivity contribution >= 4 is 24.4 Å². The number of nitrogens with two attached hydrogens (primary N) is 2. The molecule has 0 aliphatic carbocycles. The molecule has 0 fully saturated rings. The van der Waals surface area contributed by atoms with E-state index in [1.54, 1.807) is 0 Å². The molecule has 0 saturated carbocycles. The first-order chi connectivity index (χ1) is 10.5. The summed E-state index contributed by atoms with van der Waals surface area (Å²) in [7, 11) is 0. The fourth-order valence-electron chi connectivity index (χ4n) is 1.56. The smallest absolute Gasteiger partial charge is 0.328 e. The normalized spacial score (nSPS) is 11.1. The lowest BCUT2D eigenvalue weighted by atomic mass is 10.2. The number of carboxylic acids is 1. The third-order valence-corrected chi connectivity index (χ3v) is 2.70. The van der Waals surface area contributed by atoms with Gasteiger partial charge in [0.2, 0.25) is 6.41 Å². The van der Waals surface area contributed by atoms with Gasteiger partial charge in [0.05, 0.1) is 6.54 Å². The Kier molecular flexibility index (Phi) is 10.8. The molecule has 0 aliphatic rings. The van der Waals surface area contributed by atoms with Gasteiger partial charge in [-0.2, -0.15) is 0 Å².